The topological polar surface area (TPSA) is 58.6 Å². The van der Waals surface area contributed by atoms with Gasteiger partial charge in [-0.1, -0.05) is 6.07 Å². The van der Waals surface area contributed by atoms with E-state index in [1.54, 1.807) is 0 Å². The third-order valence-corrected chi connectivity index (χ3v) is 6.51. The third-order valence-electron chi connectivity index (χ3n) is 6.51. The molecule has 4 fully saturated rings. The molecule has 6 heteroatoms. The molecule has 4 aliphatic rings. The van der Waals surface area contributed by atoms with Crippen molar-refractivity contribution in [2.24, 2.45) is 17.3 Å². The molecule has 0 aliphatic heterocycles. The maximum absolute atomic E-state index is 14.0. The van der Waals surface area contributed by atoms with Crippen LogP contribution in [-0.4, -0.2) is 23.7 Å². The van der Waals surface area contributed by atoms with Crippen molar-refractivity contribution in [2.45, 2.75) is 57.1 Å². The van der Waals surface area contributed by atoms with Crippen LogP contribution in [0.4, 0.5) is 8.78 Å². The Kier molecular flexibility index (Phi) is 4.21. The normalized spacial score (nSPS) is 34.8. The van der Waals surface area contributed by atoms with Crippen LogP contribution in [0, 0.1) is 28.9 Å². The van der Waals surface area contributed by atoms with Gasteiger partial charge in [0.1, 0.15) is 0 Å². The summed E-state index contributed by atoms with van der Waals surface area (Å²) in [6, 6.07) is 2.78. The van der Waals surface area contributed by atoms with Crippen LogP contribution in [0.5, 0.6) is 5.75 Å². The largest absolute Gasteiger partial charge is 0.494 e. The first-order valence-corrected chi connectivity index (χ1v) is 9.31. The van der Waals surface area contributed by atoms with Crippen LogP contribution in [0.25, 0.3) is 0 Å². The van der Waals surface area contributed by atoms with E-state index in [4.69, 9.17) is 4.74 Å². The molecule has 142 valence electrons. The molecule has 1 amide bonds. The fourth-order valence-electron chi connectivity index (χ4n) is 6.07. The number of rotatable bonds is 5. The zero-order valence-electron chi connectivity index (χ0n) is 15.0. The molecular formula is C20H25F2NO3. The number of hydrogen-bond acceptors (Lipinski definition) is 3. The summed E-state index contributed by atoms with van der Waals surface area (Å²) in [6.07, 6.45) is 5.92. The molecular weight excluding hydrogens is 340 g/mol. The highest BCUT2D eigenvalue weighted by molar-refractivity contribution is 5.76. The summed E-state index contributed by atoms with van der Waals surface area (Å²) in [7, 11) is 1.28. The van der Waals surface area contributed by atoms with Crippen LogP contribution in [0.1, 0.15) is 50.5 Å². The van der Waals surface area contributed by atoms with Gasteiger partial charge < -0.3 is 15.2 Å². The molecule has 4 bridgehead atoms. The predicted molar refractivity (Wildman–Crippen MR) is 91.4 cm³/mol. The lowest BCUT2D eigenvalue weighted by molar-refractivity contribution is -0.169. The highest BCUT2D eigenvalue weighted by Crippen LogP contribution is 2.62. The van der Waals surface area contributed by atoms with Crippen molar-refractivity contribution in [3.8, 4) is 5.75 Å². The van der Waals surface area contributed by atoms with Crippen molar-refractivity contribution in [1.29, 1.82) is 0 Å². The number of aliphatic hydroxyl groups is 1. The summed E-state index contributed by atoms with van der Waals surface area (Å²) in [5.74, 6) is -1.31. The second-order valence-electron chi connectivity index (χ2n) is 8.69. The smallest absolute Gasteiger partial charge is 0.220 e. The van der Waals surface area contributed by atoms with E-state index in [9.17, 15) is 18.7 Å². The fraction of sp³-hybridized carbons (Fsp3) is 0.650. The number of hydrogen-bond donors (Lipinski definition) is 2. The Balaban J connectivity index is 1.40. The van der Waals surface area contributed by atoms with Crippen molar-refractivity contribution < 1.29 is 23.4 Å². The summed E-state index contributed by atoms with van der Waals surface area (Å²) in [5.41, 5.74) is -0.636. The van der Waals surface area contributed by atoms with E-state index in [0.717, 1.165) is 25.7 Å². The lowest BCUT2D eigenvalue weighted by Crippen LogP contribution is -2.56. The Bertz CT molecular complexity index is 722. The highest BCUT2D eigenvalue weighted by atomic mass is 19.2. The van der Waals surface area contributed by atoms with Gasteiger partial charge in [-0.05, 0) is 61.8 Å². The maximum atomic E-state index is 14.0. The van der Waals surface area contributed by atoms with Crippen LogP contribution in [-0.2, 0) is 11.3 Å². The van der Waals surface area contributed by atoms with Crippen molar-refractivity contribution in [3.05, 3.63) is 29.3 Å². The molecule has 0 radical (unpaired) electrons. The van der Waals surface area contributed by atoms with Gasteiger partial charge in [-0.15, -0.1) is 0 Å². The molecule has 1 aromatic carbocycles. The van der Waals surface area contributed by atoms with Crippen LogP contribution >= 0.6 is 0 Å². The molecule has 2 N–H and O–H groups in total. The molecule has 0 heterocycles. The number of methoxy groups -OCH3 is 1. The molecule has 4 saturated carbocycles. The van der Waals surface area contributed by atoms with Crippen LogP contribution < -0.4 is 10.1 Å². The molecule has 2 unspecified atom stereocenters. The minimum atomic E-state index is -1.04. The Morgan fingerprint density at radius 3 is 2.54 bits per heavy atom. The zero-order chi connectivity index (χ0) is 18.5. The van der Waals surface area contributed by atoms with E-state index in [1.807, 2.05) is 0 Å². The monoisotopic (exact) mass is 365 g/mol. The van der Waals surface area contributed by atoms with Crippen LogP contribution in [0.15, 0.2) is 12.1 Å². The van der Waals surface area contributed by atoms with E-state index in [0.29, 0.717) is 24.7 Å². The summed E-state index contributed by atoms with van der Waals surface area (Å²) in [5, 5.41) is 13.5. The van der Waals surface area contributed by atoms with Gasteiger partial charge in [-0.3, -0.25) is 4.79 Å². The first-order valence-electron chi connectivity index (χ1n) is 9.31. The molecule has 5 rings (SSSR count). The molecule has 0 spiro atoms. The van der Waals surface area contributed by atoms with Crippen molar-refractivity contribution in [1.82, 2.24) is 5.32 Å². The molecule has 4 nitrogen and oxygen atoms in total. The average Bonchev–Trinajstić information content (AvgIpc) is 2.53. The van der Waals surface area contributed by atoms with Crippen molar-refractivity contribution in [2.75, 3.05) is 7.11 Å². The van der Waals surface area contributed by atoms with Crippen LogP contribution in [0.3, 0.4) is 0 Å². The number of nitrogens with one attached hydrogen (secondary N) is 1. The lowest BCUT2D eigenvalue weighted by Gasteiger charge is -2.60. The quantitative estimate of drug-likeness (QED) is 0.842. The van der Waals surface area contributed by atoms with Gasteiger partial charge in [-0.2, -0.15) is 4.39 Å². The molecule has 0 aromatic heterocycles. The number of carbonyl (C=O) groups excluding carboxylic acids is 1. The summed E-state index contributed by atoms with van der Waals surface area (Å²) < 4.78 is 32.6. The van der Waals surface area contributed by atoms with Gasteiger partial charge in [0.15, 0.2) is 11.6 Å². The van der Waals surface area contributed by atoms with Crippen LogP contribution in [0.2, 0.25) is 0 Å². The number of ether oxygens (including phenoxy) is 1. The first kappa shape index (κ1) is 17.7. The second kappa shape index (κ2) is 6.19. The Morgan fingerprint density at radius 1 is 1.23 bits per heavy atom. The SMILES string of the molecule is COc1ccc(CNC(=O)CC23C[C@@H]4C[C@@H](CC(O)(C4)C2)C3)c(F)c1F. The van der Waals surface area contributed by atoms with Crippen molar-refractivity contribution in [3.63, 3.8) is 0 Å². The lowest BCUT2D eigenvalue weighted by atomic mass is 9.47. The van der Waals surface area contributed by atoms with Gasteiger partial charge in [0.25, 0.3) is 0 Å². The fourth-order valence-corrected chi connectivity index (χ4v) is 6.07. The first-order chi connectivity index (χ1) is 12.3. The Labute approximate surface area is 151 Å². The molecule has 26 heavy (non-hydrogen) atoms. The predicted octanol–water partition coefficient (Wildman–Crippen LogP) is 3.31. The minimum absolute atomic E-state index is 0.0568. The van der Waals surface area contributed by atoms with E-state index in [-0.39, 0.29) is 29.2 Å². The van der Waals surface area contributed by atoms with Gasteiger partial charge in [0.05, 0.1) is 12.7 Å². The molecule has 4 aliphatic carbocycles. The number of benzene rings is 1. The van der Waals surface area contributed by atoms with E-state index < -0.39 is 17.2 Å². The maximum Gasteiger partial charge on any atom is 0.220 e. The van der Waals surface area contributed by atoms with E-state index in [1.165, 1.54) is 25.7 Å². The molecule has 0 saturated heterocycles. The average molecular weight is 365 g/mol. The zero-order valence-corrected chi connectivity index (χ0v) is 15.0. The summed E-state index contributed by atoms with van der Waals surface area (Å²) >= 11 is 0. The van der Waals surface area contributed by atoms with Gasteiger partial charge >= 0.3 is 0 Å². The summed E-state index contributed by atoms with van der Waals surface area (Å²) in [4.78, 5) is 12.5. The van der Waals surface area contributed by atoms with E-state index in [2.05, 4.69) is 5.32 Å². The molecule has 4 atom stereocenters. The minimum Gasteiger partial charge on any atom is -0.494 e. The number of amides is 1. The van der Waals surface area contributed by atoms with E-state index >= 15 is 0 Å². The second-order valence-corrected chi connectivity index (χ2v) is 8.69. The summed E-state index contributed by atoms with van der Waals surface area (Å²) in [6.45, 7) is -0.0568. The standard InChI is InChI=1S/C20H25F2NO3/c1-26-15-3-2-14(17(21)18(15)22)10-23-16(24)9-19-5-12-4-13(6-19)8-20(25,7-12)11-19/h2-3,12-13,25H,4-11H2,1H3,(H,23,24)/t12-,13+,19?,20?. The van der Waals surface area contributed by atoms with Gasteiger partial charge in [-0.25, -0.2) is 4.39 Å². The highest BCUT2D eigenvalue weighted by Gasteiger charge is 2.57. The van der Waals surface area contributed by atoms with Gasteiger partial charge in [0.2, 0.25) is 11.7 Å². The Morgan fingerprint density at radius 2 is 1.92 bits per heavy atom. The van der Waals surface area contributed by atoms with Gasteiger partial charge in [0, 0.05) is 18.5 Å². The third kappa shape index (κ3) is 3.08. The molecule has 1 aromatic rings. The van der Waals surface area contributed by atoms with Crippen molar-refractivity contribution >= 4 is 5.91 Å². The number of carbonyl (C=O) groups is 1. The Hall–Kier alpha value is -1.69. The number of halogens is 2.